The molecule has 6 N–H and O–H groups in total. The van der Waals surface area contributed by atoms with E-state index < -0.39 is 21.9 Å². The van der Waals surface area contributed by atoms with Crippen molar-refractivity contribution in [2.24, 2.45) is 16.6 Å². The molecule has 0 saturated heterocycles. The van der Waals surface area contributed by atoms with Gasteiger partial charge >= 0.3 is 0 Å². The molecule has 1 atom stereocenters. The molecule has 0 aromatic heterocycles. The van der Waals surface area contributed by atoms with Gasteiger partial charge in [-0.2, -0.15) is 0 Å². The van der Waals surface area contributed by atoms with Gasteiger partial charge in [0.15, 0.2) is 0 Å². The van der Waals surface area contributed by atoms with Crippen LogP contribution in [0.1, 0.15) is 11.6 Å². The first kappa shape index (κ1) is 12.1. The van der Waals surface area contributed by atoms with Crippen LogP contribution < -0.4 is 16.6 Å². The van der Waals surface area contributed by atoms with Crippen molar-refractivity contribution in [1.29, 1.82) is 0 Å². The third-order valence-electron chi connectivity index (χ3n) is 1.95. The molecule has 15 heavy (non-hydrogen) atoms. The molecule has 0 fully saturated rings. The lowest BCUT2D eigenvalue weighted by Crippen LogP contribution is -2.22. The highest BCUT2D eigenvalue weighted by Crippen LogP contribution is 2.17. The van der Waals surface area contributed by atoms with Crippen LogP contribution in [0.3, 0.4) is 0 Å². The van der Waals surface area contributed by atoms with E-state index in [1.165, 1.54) is 12.1 Å². The van der Waals surface area contributed by atoms with Gasteiger partial charge in [-0.1, -0.05) is 6.07 Å². The number of rotatable bonds is 3. The van der Waals surface area contributed by atoms with E-state index >= 15 is 0 Å². The fourth-order valence-electron chi connectivity index (χ4n) is 1.11. The molecule has 7 heteroatoms. The highest BCUT2D eigenvalue weighted by Gasteiger charge is 2.14. The van der Waals surface area contributed by atoms with Gasteiger partial charge in [0.2, 0.25) is 10.0 Å². The average molecular weight is 233 g/mol. The van der Waals surface area contributed by atoms with Crippen molar-refractivity contribution in [2.45, 2.75) is 10.9 Å². The topological polar surface area (TPSA) is 112 Å². The van der Waals surface area contributed by atoms with Gasteiger partial charge in [-0.3, -0.25) is 0 Å². The molecule has 0 unspecified atom stereocenters. The number of benzene rings is 1. The van der Waals surface area contributed by atoms with Gasteiger partial charge < -0.3 is 11.5 Å². The van der Waals surface area contributed by atoms with Crippen LogP contribution in [-0.4, -0.2) is 15.0 Å². The summed E-state index contributed by atoms with van der Waals surface area (Å²) in [6.07, 6.45) is 0. The Bertz CT molecular complexity index is 461. The summed E-state index contributed by atoms with van der Waals surface area (Å²) in [6, 6.07) is 2.65. The van der Waals surface area contributed by atoms with E-state index in [-0.39, 0.29) is 17.0 Å². The first-order chi connectivity index (χ1) is 6.86. The van der Waals surface area contributed by atoms with Crippen LogP contribution in [-0.2, 0) is 10.0 Å². The van der Waals surface area contributed by atoms with Crippen molar-refractivity contribution in [3.63, 3.8) is 0 Å². The van der Waals surface area contributed by atoms with Crippen LogP contribution in [0.25, 0.3) is 0 Å². The molecule has 0 aliphatic carbocycles. The van der Waals surface area contributed by atoms with Crippen molar-refractivity contribution < 1.29 is 12.8 Å². The fraction of sp³-hybridized carbons (Fsp3) is 0.250. The molecule has 0 amide bonds. The van der Waals surface area contributed by atoms with Crippen molar-refractivity contribution in [1.82, 2.24) is 0 Å². The second kappa shape index (κ2) is 4.23. The fourth-order valence-corrected chi connectivity index (χ4v) is 1.64. The summed E-state index contributed by atoms with van der Waals surface area (Å²) in [5, 5.41) is 4.83. The summed E-state index contributed by atoms with van der Waals surface area (Å²) >= 11 is 0. The van der Waals surface area contributed by atoms with Gasteiger partial charge in [-0.05, 0) is 12.1 Å². The second-order valence-electron chi connectivity index (χ2n) is 3.07. The normalized spacial score (nSPS) is 13.9. The maximum Gasteiger partial charge on any atom is 0.238 e. The Morgan fingerprint density at radius 1 is 1.40 bits per heavy atom. The van der Waals surface area contributed by atoms with Gasteiger partial charge in [0.1, 0.15) is 5.82 Å². The van der Waals surface area contributed by atoms with Crippen LogP contribution in [0.5, 0.6) is 0 Å². The van der Waals surface area contributed by atoms with E-state index in [0.717, 1.165) is 6.07 Å². The lowest BCUT2D eigenvalue weighted by Gasteiger charge is -2.10. The first-order valence-electron chi connectivity index (χ1n) is 4.14. The van der Waals surface area contributed by atoms with Crippen LogP contribution in [0.4, 0.5) is 4.39 Å². The zero-order valence-corrected chi connectivity index (χ0v) is 8.67. The minimum Gasteiger partial charge on any atom is -0.329 e. The maximum absolute atomic E-state index is 13.4. The second-order valence-corrected chi connectivity index (χ2v) is 4.63. The molecule has 0 radical (unpaired) electrons. The van der Waals surface area contributed by atoms with E-state index in [0.29, 0.717) is 0 Å². The largest absolute Gasteiger partial charge is 0.329 e. The monoisotopic (exact) mass is 233 g/mol. The highest BCUT2D eigenvalue weighted by atomic mass is 32.2. The summed E-state index contributed by atoms with van der Waals surface area (Å²) in [7, 11) is -3.89. The summed E-state index contributed by atoms with van der Waals surface area (Å²) in [6.45, 7) is 0.0750. The van der Waals surface area contributed by atoms with Crippen LogP contribution >= 0.6 is 0 Å². The van der Waals surface area contributed by atoms with Crippen LogP contribution in [0.2, 0.25) is 0 Å². The first-order valence-corrected chi connectivity index (χ1v) is 5.69. The SMILES string of the molecule is NC[C@@H](N)c1ccc(S(N)(=O)=O)cc1F. The van der Waals surface area contributed by atoms with Crippen LogP contribution in [0.15, 0.2) is 23.1 Å². The quantitative estimate of drug-likeness (QED) is 0.649. The number of sulfonamides is 1. The summed E-state index contributed by atoms with van der Waals surface area (Å²) in [4.78, 5) is -0.284. The highest BCUT2D eigenvalue weighted by molar-refractivity contribution is 7.89. The number of hydrogen-bond acceptors (Lipinski definition) is 4. The standard InChI is InChI=1S/C8H12FN3O2S/c9-7-3-5(15(12,13)14)1-2-6(7)8(11)4-10/h1-3,8H,4,10-11H2,(H2,12,13,14)/t8-/m1/s1. The van der Waals surface area contributed by atoms with E-state index in [2.05, 4.69) is 0 Å². The summed E-state index contributed by atoms with van der Waals surface area (Å²) < 4.78 is 35.1. The average Bonchev–Trinajstić information content (AvgIpc) is 2.15. The zero-order valence-electron chi connectivity index (χ0n) is 7.85. The van der Waals surface area contributed by atoms with Crippen molar-refractivity contribution in [3.8, 4) is 0 Å². The minimum absolute atomic E-state index is 0.0750. The third kappa shape index (κ3) is 2.72. The molecule has 1 aromatic carbocycles. The lowest BCUT2D eigenvalue weighted by atomic mass is 10.1. The van der Waals surface area contributed by atoms with Gasteiger partial charge in [0.25, 0.3) is 0 Å². The van der Waals surface area contributed by atoms with Crippen molar-refractivity contribution in [2.75, 3.05) is 6.54 Å². The van der Waals surface area contributed by atoms with Crippen LogP contribution in [0, 0.1) is 5.82 Å². The molecule has 0 heterocycles. The Balaban J connectivity index is 3.20. The van der Waals surface area contributed by atoms with Crippen molar-refractivity contribution in [3.05, 3.63) is 29.6 Å². The van der Waals surface area contributed by atoms with Gasteiger partial charge in [0.05, 0.1) is 4.90 Å². The number of hydrogen-bond donors (Lipinski definition) is 3. The molecule has 0 aliphatic heterocycles. The van der Waals surface area contributed by atoms with E-state index in [1.54, 1.807) is 0 Å². The summed E-state index contributed by atoms with van der Waals surface area (Å²) in [5.74, 6) is -0.723. The molecule has 5 nitrogen and oxygen atoms in total. The smallest absolute Gasteiger partial charge is 0.238 e. The molecule has 0 aliphatic rings. The van der Waals surface area contributed by atoms with Gasteiger partial charge in [0, 0.05) is 18.2 Å². The molecule has 0 saturated carbocycles. The van der Waals surface area contributed by atoms with Gasteiger partial charge in [-0.15, -0.1) is 0 Å². The number of halogens is 1. The van der Waals surface area contributed by atoms with E-state index in [1.807, 2.05) is 0 Å². The number of primary sulfonamides is 1. The Morgan fingerprint density at radius 2 is 2.00 bits per heavy atom. The maximum atomic E-state index is 13.4. The summed E-state index contributed by atoms with van der Waals surface area (Å²) in [5.41, 5.74) is 10.9. The molecule has 84 valence electrons. The van der Waals surface area contributed by atoms with Crippen molar-refractivity contribution >= 4 is 10.0 Å². The molecule has 0 spiro atoms. The molecule has 0 bridgehead atoms. The van der Waals surface area contributed by atoms with E-state index in [4.69, 9.17) is 16.6 Å². The zero-order chi connectivity index (χ0) is 11.6. The minimum atomic E-state index is -3.89. The van der Waals surface area contributed by atoms with Gasteiger partial charge in [-0.25, -0.2) is 17.9 Å². The lowest BCUT2D eigenvalue weighted by molar-refractivity contribution is 0.573. The number of nitrogens with two attached hydrogens (primary N) is 3. The predicted octanol–water partition coefficient (Wildman–Crippen LogP) is -0.568. The molecular weight excluding hydrogens is 221 g/mol. The van der Waals surface area contributed by atoms with E-state index in [9.17, 15) is 12.8 Å². The Hall–Kier alpha value is -1.02. The third-order valence-corrected chi connectivity index (χ3v) is 2.86. The Kier molecular flexibility index (Phi) is 3.40. The predicted molar refractivity (Wildman–Crippen MR) is 53.8 cm³/mol. The Labute approximate surface area is 87.1 Å². The molecular formula is C8H12FN3O2S. The molecule has 1 aromatic rings. The molecule has 1 rings (SSSR count). The Morgan fingerprint density at radius 3 is 2.40 bits per heavy atom.